The van der Waals surface area contributed by atoms with E-state index in [1.165, 1.54) is 14.0 Å². The standard InChI is InChI=1S/C24H42F2N4O10.CH5N/c1-23(36)8-15(32)22(37-11-23)40-19-14(30-21(35)20(34)24(25,26)10-27)7-13(28)18(17(19)33)39-16-4-2-3-12(38-16)9-29-5-6-31;1-2/h3,13-20,22,29,31-34,36H,2,4-11,27-28H2,1H3,(H,30,35);2H2,1H3/t13?,14?,15?,16-,17?,18-,19+,20?,22?,23-;/m1./s1. The van der Waals surface area contributed by atoms with Gasteiger partial charge < -0.3 is 72.3 Å². The fraction of sp³-hybridized carbons (Fsp3) is 0.880. The van der Waals surface area contributed by atoms with E-state index in [1.807, 2.05) is 6.08 Å². The van der Waals surface area contributed by atoms with E-state index in [-0.39, 0.29) is 26.1 Å². The molecule has 1 amide bonds. The van der Waals surface area contributed by atoms with Gasteiger partial charge in [-0.2, -0.15) is 0 Å². The third kappa shape index (κ3) is 9.96. The Morgan fingerprint density at radius 2 is 1.98 bits per heavy atom. The van der Waals surface area contributed by atoms with Gasteiger partial charge in [-0.25, -0.2) is 8.78 Å². The number of amides is 1. The maximum absolute atomic E-state index is 13.9. The molecule has 10 atom stereocenters. The first-order chi connectivity index (χ1) is 19.8. The van der Waals surface area contributed by atoms with Crippen LogP contribution in [0.25, 0.3) is 0 Å². The quantitative estimate of drug-likeness (QED) is 0.0949. The zero-order chi connectivity index (χ0) is 31.7. The number of ether oxygens (including phenoxy) is 4. The van der Waals surface area contributed by atoms with Crippen LogP contribution in [0.15, 0.2) is 11.8 Å². The van der Waals surface area contributed by atoms with Crippen LogP contribution >= 0.6 is 0 Å². The van der Waals surface area contributed by atoms with Gasteiger partial charge in [-0.05, 0) is 32.9 Å². The third-order valence-corrected chi connectivity index (χ3v) is 7.03. The lowest BCUT2D eigenvalue weighted by Gasteiger charge is -2.47. The van der Waals surface area contributed by atoms with Crippen LogP contribution in [-0.2, 0) is 23.7 Å². The second kappa shape index (κ2) is 16.5. The van der Waals surface area contributed by atoms with Crippen molar-refractivity contribution in [3.8, 4) is 0 Å². The van der Waals surface area contributed by atoms with Crippen LogP contribution in [0.1, 0.15) is 32.6 Å². The van der Waals surface area contributed by atoms with Gasteiger partial charge in [0.2, 0.25) is 0 Å². The summed E-state index contributed by atoms with van der Waals surface area (Å²) in [4.78, 5) is 12.5. The van der Waals surface area contributed by atoms with E-state index in [9.17, 15) is 34.0 Å². The number of rotatable bonds is 12. The van der Waals surface area contributed by atoms with Crippen molar-refractivity contribution < 1.29 is 58.1 Å². The van der Waals surface area contributed by atoms with Crippen molar-refractivity contribution in [3.05, 3.63) is 11.8 Å². The number of nitrogens with one attached hydrogen (secondary N) is 2. The summed E-state index contributed by atoms with van der Waals surface area (Å²) in [5, 5.41) is 56.0. The molecule has 6 unspecified atom stereocenters. The van der Waals surface area contributed by atoms with Gasteiger partial charge >= 0.3 is 0 Å². The predicted octanol–water partition coefficient (Wildman–Crippen LogP) is -3.68. The second-order valence-corrected chi connectivity index (χ2v) is 10.7. The van der Waals surface area contributed by atoms with E-state index < -0.39 is 79.2 Å². The number of nitrogens with two attached hydrogens (primary N) is 3. The Balaban J connectivity index is 0.00000301. The molecule has 17 heteroatoms. The summed E-state index contributed by atoms with van der Waals surface area (Å²) in [6.45, 7) is 0.633. The molecule has 42 heavy (non-hydrogen) atoms. The highest BCUT2D eigenvalue weighted by Gasteiger charge is 2.50. The van der Waals surface area contributed by atoms with Crippen LogP contribution in [0.5, 0.6) is 0 Å². The van der Waals surface area contributed by atoms with E-state index in [0.717, 1.165) is 0 Å². The van der Waals surface area contributed by atoms with E-state index in [1.54, 1.807) is 0 Å². The topological polar surface area (TPSA) is 257 Å². The molecule has 0 aromatic heterocycles. The molecule has 1 saturated carbocycles. The van der Waals surface area contributed by atoms with Gasteiger partial charge in [0, 0.05) is 25.4 Å². The molecule has 246 valence electrons. The molecule has 3 aliphatic rings. The van der Waals surface area contributed by atoms with Crippen molar-refractivity contribution in [1.82, 2.24) is 10.6 Å². The van der Waals surface area contributed by atoms with E-state index in [2.05, 4.69) is 16.4 Å². The first kappa shape index (κ1) is 36.6. The Labute approximate surface area is 243 Å². The number of alkyl halides is 2. The van der Waals surface area contributed by atoms with Crippen LogP contribution < -0.4 is 27.8 Å². The number of carbonyl (C=O) groups excluding carboxylic acids is 1. The first-order valence-corrected chi connectivity index (χ1v) is 13.9. The average molecular weight is 616 g/mol. The van der Waals surface area contributed by atoms with Crippen molar-refractivity contribution in [3.63, 3.8) is 0 Å². The Morgan fingerprint density at radius 3 is 2.60 bits per heavy atom. The van der Waals surface area contributed by atoms with E-state index >= 15 is 0 Å². The van der Waals surface area contributed by atoms with Crippen molar-refractivity contribution in [2.24, 2.45) is 17.2 Å². The molecule has 0 spiro atoms. The van der Waals surface area contributed by atoms with Crippen molar-refractivity contribution in [1.29, 1.82) is 0 Å². The van der Waals surface area contributed by atoms with Gasteiger partial charge in [0.15, 0.2) is 18.7 Å². The summed E-state index contributed by atoms with van der Waals surface area (Å²) in [7, 11) is 1.50. The zero-order valence-electron chi connectivity index (χ0n) is 23.9. The maximum atomic E-state index is 13.9. The Hall–Kier alpha value is -1.61. The summed E-state index contributed by atoms with van der Waals surface area (Å²) < 4.78 is 50.9. The summed E-state index contributed by atoms with van der Waals surface area (Å²) in [5.41, 5.74) is 14.4. The van der Waals surface area contributed by atoms with Gasteiger partial charge in [0.1, 0.15) is 30.2 Å². The number of aliphatic hydroxyl groups is 5. The molecule has 0 bridgehead atoms. The first-order valence-electron chi connectivity index (χ1n) is 13.9. The lowest BCUT2D eigenvalue weighted by Crippen LogP contribution is -2.67. The number of allylic oxidation sites excluding steroid dienone is 1. The van der Waals surface area contributed by atoms with Gasteiger partial charge in [-0.15, -0.1) is 0 Å². The number of aliphatic hydroxyl groups excluding tert-OH is 4. The molecule has 15 nitrogen and oxygen atoms in total. The molecular weight excluding hydrogens is 568 g/mol. The second-order valence-electron chi connectivity index (χ2n) is 10.7. The summed E-state index contributed by atoms with van der Waals surface area (Å²) in [6.07, 6.45) is -7.65. The smallest absolute Gasteiger partial charge is 0.294 e. The van der Waals surface area contributed by atoms with Crippen LogP contribution in [-0.4, -0.2) is 138 Å². The minimum absolute atomic E-state index is 0.0483. The molecule has 1 aliphatic carbocycles. The monoisotopic (exact) mass is 615 g/mol. The molecule has 13 N–H and O–H groups in total. The fourth-order valence-electron chi connectivity index (χ4n) is 4.90. The minimum atomic E-state index is -3.91. The highest BCUT2D eigenvalue weighted by molar-refractivity contribution is 5.82. The van der Waals surface area contributed by atoms with E-state index in [0.29, 0.717) is 31.7 Å². The number of carbonyl (C=O) groups is 1. The molecule has 2 heterocycles. The fourth-order valence-corrected chi connectivity index (χ4v) is 4.90. The van der Waals surface area contributed by atoms with Crippen LogP contribution in [0, 0.1) is 0 Å². The highest BCUT2D eigenvalue weighted by Crippen LogP contribution is 2.32. The predicted molar refractivity (Wildman–Crippen MR) is 144 cm³/mol. The zero-order valence-corrected chi connectivity index (χ0v) is 23.9. The Bertz CT molecular complexity index is 873. The van der Waals surface area contributed by atoms with Gasteiger partial charge in [0.05, 0.1) is 37.9 Å². The average Bonchev–Trinajstić information content (AvgIpc) is 2.95. The molecule has 1 saturated heterocycles. The van der Waals surface area contributed by atoms with Gasteiger partial charge in [-0.1, -0.05) is 0 Å². The molecule has 0 aromatic carbocycles. The summed E-state index contributed by atoms with van der Waals surface area (Å²) in [6, 6.07) is -2.14. The Morgan fingerprint density at radius 1 is 1.29 bits per heavy atom. The van der Waals surface area contributed by atoms with Gasteiger partial charge in [0.25, 0.3) is 11.8 Å². The molecule has 0 aromatic rings. The molecule has 0 radical (unpaired) electrons. The number of hydrogen-bond acceptors (Lipinski definition) is 14. The lowest BCUT2D eigenvalue weighted by molar-refractivity contribution is -0.297. The number of hydrogen-bond donors (Lipinski definition) is 10. The van der Waals surface area contributed by atoms with Crippen LogP contribution in [0.2, 0.25) is 0 Å². The Kier molecular flexibility index (Phi) is 14.3. The molecular formula is C25H47F2N5O10. The summed E-state index contributed by atoms with van der Waals surface area (Å²) in [5.74, 6) is -4.80. The highest BCUT2D eigenvalue weighted by atomic mass is 19.3. The van der Waals surface area contributed by atoms with Gasteiger partial charge in [-0.3, -0.25) is 4.79 Å². The molecule has 2 fully saturated rings. The molecule has 3 rings (SSSR count). The van der Waals surface area contributed by atoms with Crippen LogP contribution in [0.3, 0.4) is 0 Å². The lowest BCUT2D eigenvalue weighted by atomic mass is 9.83. The van der Waals surface area contributed by atoms with E-state index in [4.69, 9.17) is 35.5 Å². The summed E-state index contributed by atoms with van der Waals surface area (Å²) >= 11 is 0. The normalized spacial score (nSPS) is 36.1. The molecule has 2 aliphatic heterocycles. The number of halogens is 2. The van der Waals surface area contributed by atoms with Crippen molar-refractivity contribution in [2.45, 2.75) is 99.3 Å². The largest absolute Gasteiger partial charge is 0.468 e. The minimum Gasteiger partial charge on any atom is -0.468 e. The van der Waals surface area contributed by atoms with Crippen LogP contribution in [0.4, 0.5) is 8.78 Å². The van der Waals surface area contributed by atoms with Crippen molar-refractivity contribution in [2.75, 3.05) is 39.9 Å². The maximum Gasteiger partial charge on any atom is 0.294 e. The SMILES string of the molecule is CN.C[C@]1(O)COC(O[C@H]2C(NC(=O)C(O)C(F)(F)CN)CC(N)[C@@H](O[C@@H]3CCC=C(CNCCO)O3)C2O)C(O)C1. The van der Waals surface area contributed by atoms with Crippen molar-refractivity contribution >= 4 is 5.91 Å². The third-order valence-electron chi connectivity index (χ3n) is 7.03.